The molecule has 31 heavy (non-hydrogen) atoms. The first kappa shape index (κ1) is 23.1. The number of aryl methyl sites for hydroxylation is 1. The number of ether oxygens (including phenoxy) is 2. The topological polar surface area (TPSA) is 94.4 Å². The number of nitrogens with one attached hydrogen (secondary N) is 1. The van der Waals surface area contributed by atoms with Crippen LogP contribution in [0.15, 0.2) is 30.9 Å². The third kappa shape index (κ3) is 7.29. The monoisotopic (exact) mass is 430 g/mol. The number of rotatable bonds is 8. The zero-order valence-corrected chi connectivity index (χ0v) is 19.0. The Hall–Kier alpha value is -2.52. The van der Waals surface area contributed by atoms with E-state index in [4.69, 9.17) is 9.47 Å². The molecular weight excluding hydrogens is 396 g/mol. The van der Waals surface area contributed by atoms with Gasteiger partial charge >= 0.3 is 6.09 Å². The lowest BCUT2D eigenvalue weighted by Crippen LogP contribution is -2.44. The molecule has 9 nitrogen and oxygen atoms in total. The normalized spacial score (nSPS) is 18.5. The van der Waals surface area contributed by atoms with Crippen molar-refractivity contribution >= 4 is 6.09 Å². The Balaban J connectivity index is 1.63. The molecule has 0 aromatic carbocycles. The number of alkyl carbamates (subject to hydrolysis) is 1. The first-order valence-corrected chi connectivity index (χ1v) is 10.9. The fourth-order valence-corrected chi connectivity index (χ4v) is 3.74. The van der Waals surface area contributed by atoms with E-state index < -0.39 is 5.60 Å². The molecule has 170 valence electrons. The number of aromatic nitrogens is 4. The van der Waals surface area contributed by atoms with Gasteiger partial charge in [0.2, 0.25) is 0 Å². The van der Waals surface area contributed by atoms with Gasteiger partial charge in [0.1, 0.15) is 18.0 Å². The van der Waals surface area contributed by atoms with Gasteiger partial charge in [0.15, 0.2) is 5.82 Å². The van der Waals surface area contributed by atoms with E-state index in [1.165, 1.54) is 0 Å². The van der Waals surface area contributed by atoms with Crippen LogP contribution >= 0.6 is 0 Å². The highest BCUT2D eigenvalue weighted by molar-refractivity contribution is 5.67. The minimum Gasteiger partial charge on any atom is -0.444 e. The maximum atomic E-state index is 12.2. The van der Waals surface area contributed by atoms with Crippen LogP contribution in [-0.4, -0.2) is 69.1 Å². The van der Waals surface area contributed by atoms with Crippen molar-refractivity contribution in [3.05, 3.63) is 42.2 Å². The lowest BCUT2D eigenvalue weighted by Gasteiger charge is -2.35. The van der Waals surface area contributed by atoms with E-state index in [0.29, 0.717) is 13.2 Å². The molecule has 0 saturated carbocycles. The lowest BCUT2D eigenvalue weighted by molar-refractivity contribution is -0.0403. The molecule has 9 heteroatoms. The van der Waals surface area contributed by atoms with Crippen molar-refractivity contribution in [2.75, 3.05) is 32.8 Å². The van der Waals surface area contributed by atoms with E-state index >= 15 is 0 Å². The van der Waals surface area contributed by atoms with Crippen LogP contribution in [0.5, 0.6) is 0 Å². The molecule has 0 spiro atoms. The van der Waals surface area contributed by atoms with Gasteiger partial charge in [0.25, 0.3) is 0 Å². The standard InChI is InChI=1S/C22H34N6O3/c1-5-28-16-25-26-20(28)19-15-27(9-10-30-19)14-18(11-17-7-6-8-23-12-17)13-24-21(29)31-22(2,3)4/h6-8,12,16,18-19H,5,9-11,13-15H2,1-4H3,(H,24,29). The van der Waals surface area contributed by atoms with Crippen LogP contribution in [0.25, 0.3) is 0 Å². The van der Waals surface area contributed by atoms with Gasteiger partial charge in [-0.25, -0.2) is 4.79 Å². The molecular formula is C22H34N6O3. The van der Waals surface area contributed by atoms with Crippen molar-refractivity contribution in [2.45, 2.75) is 52.4 Å². The SMILES string of the molecule is CCn1cnnc1C1CN(CC(CNC(=O)OC(C)(C)C)Cc2cccnc2)CCO1. The molecule has 2 unspecified atom stereocenters. The highest BCUT2D eigenvalue weighted by Gasteiger charge is 2.28. The molecule has 1 saturated heterocycles. The summed E-state index contributed by atoms with van der Waals surface area (Å²) in [4.78, 5) is 18.8. The third-order valence-electron chi connectivity index (χ3n) is 5.12. The number of nitrogens with zero attached hydrogens (tertiary/aromatic N) is 5. The van der Waals surface area contributed by atoms with Crippen molar-refractivity contribution < 1.29 is 14.3 Å². The summed E-state index contributed by atoms with van der Waals surface area (Å²) in [6.07, 6.45) is 5.72. The average Bonchev–Trinajstić information content (AvgIpc) is 3.21. The number of hydrogen-bond acceptors (Lipinski definition) is 7. The van der Waals surface area contributed by atoms with Crippen LogP contribution in [0.3, 0.4) is 0 Å². The predicted molar refractivity (Wildman–Crippen MR) is 116 cm³/mol. The van der Waals surface area contributed by atoms with Crippen molar-refractivity contribution in [1.29, 1.82) is 0 Å². The number of morpholine rings is 1. The minimum absolute atomic E-state index is 0.103. The highest BCUT2D eigenvalue weighted by atomic mass is 16.6. The highest BCUT2D eigenvalue weighted by Crippen LogP contribution is 2.22. The quantitative estimate of drug-likeness (QED) is 0.687. The number of hydrogen-bond donors (Lipinski definition) is 1. The summed E-state index contributed by atoms with van der Waals surface area (Å²) >= 11 is 0. The van der Waals surface area contributed by atoms with Gasteiger partial charge in [-0.15, -0.1) is 10.2 Å². The van der Waals surface area contributed by atoms with Gasteiger partial charge < -0.3 is 19.4 Å². The van der Waals surface area contributed by atoms with Crippen molar-refractivity contribution in [1.82, 2.24) is 30.0 Å². The largest absolute Gasteiger partial charge is 0.444 e. The minimum atomic E-state index is -0.518. The Morgan fingerprint density at radius 3 is 2.97 bits per heavy atom. The number of amides is 1. The second-order valence-electron chi connectivity index (χ2n) is 8.91. The van der Waals surface area contributed by atoms with Crippen molar-refractivity contribution in [2.24, 2.45) is 5.92 Å². The van der Waals surface area contributed by atoms with Crippen molar-refractivity contribution in [3.8, 4) is 0 Å². The Morgan fingerprint density at radius 2 is 2.26 bits per heavy atom. The molecule has 1 amide bonds. The number of carbonyl (C=O) groups is 1. The second kappa shape index (κ2) is 10.7. The summed E-state index contributed by atoms with van der Waals surface area (Å²) < 4.78 is 13.4. The zero-order chi connectivity index (χ0) is 22.3. The first-order valence-electron chi connectivity index (χ1n) is 10.9. The van der Waals surface area contributed by atoms with Crippen LogP contribution < -0.4 is 5.32 Å². The van der Waals surface area contributed by atoms with Crippen LogP contribution in [0.4, 0.5) is 4.79 Å². The molecule has 0 radical (unpaired) electrons. The van der Waals surface area contributed by atoms with Gasteiger partial charge in [-0.05, 0) is 51.7 Å². The van der Waals surface area contributed by atoms with Crippen LogP contribution in [0, 0.1) is 5.92 Å². The van der Waals surface area contributed by atoms with E-state index in [0.717, 1.165) is 44.0 Å². The van der Waals surface area contributed by atoms with E-state index in [2.05, 4.69) is 38.4 Å². The average molecular weight is 431 g/mol. The summed E-state index contributed by atoms with van der Waals surface area (Å²) in [5.74, 6) is 1.07. The van der Waals surface area contributed by atoms with E-state index in [9.17, 15) is 4.79 Å². The second-order valence-corrected chi connectivity index (χ2v) is 8.91. The zero-order valence-electron chi connectivity index (χ0n) is 19.0. The molecule has 1 fully saturated rings. The fourth-order valence-electron chi connectivity index (χ4n) is 3.74. The fraction of sp³-hybridized carbons (Fsp3) is 0.636. The Kier molecular flexibility index (Phi) is 7.97. The van der Waals surface area contributed by atoms with Gasteiger partial charge in [-0.1, -0.05) is 6.07 Å². The van der Waals surface area contributed by atoms with Crippen LogP contribution in [0.2, 0.25) is 0 Å². The number of carbonyl (C=O) groups excluding carboxylic acids is 1. The van der Waals surface area contributed by atoms with Crippen LogP contribution in [0.1, 0.15) is 45.2 Å². The predicted octanol–water partition coefficient (Wildman–Crippen LogP) is 2.45. The maximum absolute atomic E-state index is 12.2. The lowest BCUT2D eigenvalue weighted by atomic mass is 9.99. The van der Waals surface area contributed by atoms with Gasteiger partial charge in [-0.3, -0.25) is 9.88 Å². The summed E-state index contributed by atoms with van der Waals surface area (Å²) in [5, 5.41) is 11.2. The molecule has 1 N–H and O–H groups in total. The molecule has 2 atom stereocenters. The van der Waals surface area contributed by atoms with Crippen molar-refractivity contribution in [3.63, 3.8) is 0 Å². The number of pyridine rings is 1. The summed E-state index contributed by atoms with van der Waals surface area (Å²) in [6, 6.07) is 4.01. The third-order valence-corrected chi connectivity index (χ3v) is 5.12. The van der Waals surface area contributed by atoms with Gasteiger partial charge in [0.05, 0.1) is 6.61 Å². The van der Waals surface area contributed by atoms with Crippen LogP contribution in [-0.2, 0) is 22.4 Å². The Bertz CT molecular complexity index is 820. The molecule has 2 aromatic rings. The smallest absolute Gasteiger partial charge is 0.407 e. The molecule has 3 rings (SSSR count). The van der Waals surface area contributed by atoms with E-state index in [1.807, 2.05) is 37.6 Å². The Morgan fingerprint density at radius 1 is 1.42 bits per heavy atom. The van der Waals surface area contributed by atoms with Gasteiger partial charge in [0, 0.05) is 45.1 Å². The van der Waals surface area contributed by atoms with E-state index in [-0.39, 0.29) is 18.1 Å². The summed E-state index contributed by atoms with van der Waals surface area (Å²) in [6.45, 7) is 12.0. The Labute approximate surface area is 184 Å². The van der Waals surface area contributed by atoms with E-state index in [1.54, 1.807) is 12.5 Å². The molecule has 1 aliphatic heterocycles. The molecule has 0 bridgehead atoms. The maximum Gasteiger partial charge on any atom is 0.407 e. The molecule has 3 heterocycles. The summed E-state index contributed by atoms with van der Waals surface area (Å²) in [7, 11) is 0. The summed E-state index contributed by atoms with van der Waals surface area (Å²) in [5.41, 5.74) is 0.629. The molecule has 1 aliphatic rings. The first-order chi connectivity index (χ1) is 14.8. The molecule has 0 aliphatic carbocycles. The van der Waals surface area contributed by atoms with Gasteiger partial charge in [-0.2, -0.15) is 0 Å². The molecule has 2 aromatic heterocycles.